The van der Waals surface area contributed by atoms with Crippen LogP contribution >= 0.6 is 0 Å². The van der Waals surface area contributed by atoms with Gasteiger partial charge in [0.05, 0.1) is 11.1 Å². The first-order valence-corrected chi connectivity index (χ1v) is 13.3. The first-order chi connectivity index (χ1) is 20.1. The SMILES string of the molecule is O=C(O)c1cc(OCC(F)F)c2cc(N3CC(/C=C/c4c(-c5ccccc5C(F)(F)F)noc4C4CC4)C3)ccc2n1. The second-order valence-electron chi connectivity index (χ2n) is 10.4. The molecule has 12 heteroatoms. The summed E-state index contributed by atoms with van der Waals surface area (Å²) in [6.45, 7) is 0.295. The number of carboxylic acid groups (broad SMARTS) is 1. The van der Waals surface area contributed by atoms with Crippen molar-refractivity contribution in [1.29, 1.82) is 0 Å². The van der Waals surface area contributed by atoms with Crippen LogP contribution < -0.4 is 9.64 Å². The van der Waals surface area contributed by atoms with Crippen LogP contribution in [0.2, 0.25) is 0 Å². The van der Waals surface area contributed by atoms with Crippen LogP contribution in [0.15, 0.2) is 59.1 Å². The summed E-state index contributed by atoms with van der Waals surface area (Å²) in [5.41, 5.74) is 0.662. The molecule has 3 heterocycles. The Morgan fingerprint density at radius 2 is 1.90 bits per heavy atom. The third-order valence-corrected chi connectivity index (χ3v) is 7.34. The zero-order valence-electron chi connectivity index (χ0n) is 21.9. The van der Waals surface area contributed by atoms with E-state index in [2.05, 4.69) is 10.1 Å². The number of anilines is 1. The van der Waals surface area contributed by atoms with Gasteiger partial charge in [0.1, 0.15) is 23.8 Å². The highest BCUT2D eigenvalue weighted by atomic mass is 19.4. The van der Waals surface area contributed by atoms with Crippen LogP contribution in [-0.4, -0.2) is 47.3 Å². The topological polar surface area (TPSA) is 88.7 Å². The summed E-state index contributed by atoms with van der Waals surface area (Å²) < 4.78 is 77.5. The summed E-state index contributed by atoms with van der Waals surface area (Å²) in [5.74, 6) is -0.494. The summed E-state index contributed by atoms with van der Waals surface area (Å²) in [7, 11) is 0. The molecule has 0 amide bonds. The first-order valence-electron chi connectivity index (χ1n) is 13.3. The summed E-state index contributed by atoms with van der Waals surface area (Å²) in [6, 6.07) is 11.5. The average Bonchev–Trinajstić information content (AvgIpc) is 3.69. The predicted molar refractivity (Wildman–Crippen MR) is 144 cm³/mol. The number of pyridine rings is 1. The van der Waals surface area contributed by atoms with E-state index >= 15 is 0 Å². The predicted octanol–water partition coefficient (Wildman–Crippen LogP) is 7.28. The highest BCUT2D eigenvalue weighted by Crippen LogP contribution is 2.46. The standard InChI is InChI=1S/C30H24F5N3O4/c31-26(32)15-41-25-12-24(29(39)40)36-23-10-8-18(11-21(23)25)38-13-16(14-38)5-9-20-27(37-42-28(20)17-6-7-17)19-3-1-2-4-22(19)30(33,34)35/h1-5,8-12,16-17,26H,6-7,13-15H2,(H,39,40)/b9-5+. The number of carbonyl (C=O) groups is 1. The molecule has 6 rings (SSSR count). The van der Waals surface area contributed by atoms with Crippen molar-refractivity contribution in [2.45, 2.75) is 31.4 Å². The third-order valence-electron chi connectivity index (χ3n) is 7.34. The Morgan fingerprint density at radius 3 is 2.60 bits per heavy atom. The number of halogens is 5. The Hall–Kier alpha value is -4.48. The number of alkyl halides is 5. The van der Waals surface area contributed by atoms with Crippen molar-refractivity contribution in [3.63, 3.8) is 0 Å². The number of rotatable bonds is 9. The molecule has 0 spiro atoms. The third kappa shape index (κ3) is 5.53. The van der Waals surface area contributed by atoms with Crippen molar-refractivity contribution in [3.05, 3.63) is 77.2 Å². The van der Waals surface area contributed by atoms with Crippen molar-refractivity contribution < 1.29 is 41.1 Å². The molecule has 1 saturated carbocycles. The summed E-state index contributed by atoms with van der Waals surface area (Å²) in [4.78, 5) is 17.5. The van der Waals surface area contributed by atoms with E-state index in [9.17, 15) is 31.9 Å². The Kier molecular flexibility index (Phi) is 7.07. The Bertz CT molecular complexity index is 1670. The Labute approximate surface area is 236 Å². The van der Waals surface area contributed by atoms with E-state index < -0.39 is 30.7 Å². The molecule has 1 saturated heterocycles. The van der Waals surface area contributed by atoms with Gasteiger partial charge in [-0.25, -0.2) is 18.6 Å². The van der Waals surface area contributed by atoms with E-state index in [1.807, 2.05) is 11.0 Å². The van der Waals surface area contributed by atoms with Gasteiger partial charge in [-0.3, -0.25) is 0 Å². The first kappa shape index (κ1) is 27.7. The summed E-state index contributed by atoms with van der Waals surface area (Å²) in [6.07, 6.45) is -1.76. The fourth-order valence-corrected chi connectivity index (χ4v) is 5.08. The van der Waals surface area contributed by atoms with E-state index in [0.29, 0.717) is 35.3 Å². The lowest BCUT2D eigenvalue weighted by Gasteiger charge is -2.39. The van der Waals surface area contributed by atoms with E-state index in [-0.39, 0.29) is 34.5 Å². The van der Waals surface area contributed by atoms with Gasteiger partial charge in [-0.15, -0.1) is 0 Å². The fourth-order valence-electron chi connectivity index (χ4n) is 5.08. The highest BCUT2D eigenvalue weighted by molar-refractivity contribution is 5.94. The molecule has 2 aromatic carbocycles. The fraction of sp³-hybridized carbons (Fsp3) is 0.300. The van der Waals surface area contributed by atoms with Crippen LogP contribution in [0.5, 0.6) is 5.75 Å². The zero-order valence-corrected chi connectivity index (χ0v) is 21.9. The molecule has 2 fully saturated rings. The molecule has 1 aliphatic carbocycles. The van der Waals surface area contributed by atoms with Crippen LogP contribution in [0.3, 0.4) is 0 Å². The second kappa shape index (κ2) is 10.7. The average molecular weight is 586 g/mol. The number of hydrogen-bond acceptors (Lipinski definition) is 6. The van der Waals surface area contributed by atoms with Gasteiger partial charge in [-0.1, -0.05) is 35.5 Å². The van der Waals surface area contributed by atoms with Gasteiger partial charge in [0.2, 0.25) is 0 Å². The zero-order chi connectivity index (χ0) is 29.6. The second-order valence-corrected chi connectivity index (χ2v) is 10.4. The smallest absolute Gasteiger partial charge is 0.417 e. The van der Waals surface area contributed by atoms with Crippen LogP contribution in [0.25, 0.3) is 28.2 Å². The minimum absolute atomic E-state index is 0.00301. The van der Waals surface area contributed by atoms with Crippen LogP contribution in [0, 0.1) is 5.92 Å². The van der Waals surface area contributed by atoms with Crippen LogP contribution in [-0.2, 0) is 6.18 Å². The number of aromatic nitrogens is 2. The van der Waals surface area contributed by atoms with Crippen LogP contribution in [0.1, 0.15) is 46.1 Å². The molecule has 2 aromatic heterocycles. The molecular weight excluding hydrogens is 561 g/mol. The van der Waals surface area contributed by atoms with E-state index in [4.69, 9.17) is 9.26 Å². The number of nitrogens with zero attached hydrogens (tertiary/aromatic N) is 3. The number of benzene rings is 2. The van der Waals surface area contributed by atoms with Crippen molar-refractivity contribution in [1.82, 2.24) is 10.1 Å². The van der Waals surface area contributed by atoms with E-state index in [0.717, 1.165) is 30.7 Å². The molecule has 4 aromatic rings. The highest BCUT2D eigenvalue weighted by Gasteiger charge is 2.37. The van der Waals surface area contributed by atoms with Gasteiger partial charge in [-0.05, 0) is 37.1 Å². The van der Waals surface area contributed by atoms with Gasteiger partial charge in [-0.2, -0.15) is 13.2 Å². The van der Waals surface area contributed by atoms with E-state index in [1.165, 1.54) is 12.1 Å². The maximum Gasteiger partial charge on any atom is 0.417 e. The molecule has 218 valence electrons. The van der Waals surface area contributed by atoms with Crippen molar-refractivity contribution in [3.8, 4) is 17.0 Å². The van der Waals surface area contributed by atoms with Gasteiger partial charge in [0.25, 0.3) is 6.43 Å². The van der Waals surface area contributed by atoms with Crippen molar-refractivity contribution >= 4 is 28.6 Å². The molecule has 2 aliphatic rings. The molecule has 0 radical (unpaired) electrons. The Morgan fingerprint density at radius 1 is 1.14 bits per heavy atom. The molecule has 0 atom stereocenters. The van der Waals surface area contributed by atoms with Crippen molar-refractivity contribution in [2.24, 2.45) is 5.92 Å². The monoisotopic (exact) mass is 585 g/mol. The van der Waals surface area contributed by atoms with Crippen LogP contribution in [0.4, 0.5) is 27.6 Å². The lowest BCUT2D eigenvalue weighted by atomic mass is 9.95. The number of ether oxygens (including phenoxy) is 1. The largest absolute Gasteiger partial charge is 0.487 e. The minimum atomic E-state index is -4.54. The number of fused-ring (bicyclic) bond motifs is 1. The van der Waals surface area contributed by atoms with Gasteiger partial charge in [0.15, 0.2) is 5.69 Å². The normalized spacial score (nSPS) is 16.0. The van der Waals surface area contributed by atoms with Gasteiger partial charge < -0.3 is 19.3 Å². The lowest BCUT2D eigenvalue weighted by molar-refractivity contribution is -0.137. The number of aromatic carboxylic acids is 1. The summed E-state index contributed by atoms with van der Waals surface area (Å²) in [5, 5.41) is 13.8. The van der Waals surface area contributed by atoms with E-state index in [1.54, 1.807) is 30.3 Å². The molecule has 1 aliphatic heterocycles. The quantitative estimate of drug-likeness (QED) is 0.207. The minimum Gasteiger partial charge on any atom is -0.487 e. The van der Waals surface area contributed by atoms with Crippen molar-refractivity contribution in [2.75, 3.05) is 24.6 Å². The van der Waals surface area contributed by atoms with Gasteiger partial charge in [0, 0.05) is 53.2 Å². The molecule has 1 N–H and O–H groups in total. The lowest BCUT2D eigenvalue weighted by Crippen LogP contribution is -2.45. The molecule has 0 bridgehead atoms. The molecule has 42 heavy (non-hydrogen) atoms. The molecule has 7 nitrogen and oxygen atoms in total. The summed E-state index contributed by atoms with van der Waals surface area (Å²) >= 11 is 0. The maximum atomic E-state index is 13.7. The number of hydrogen-bond donors (Lipinski definition) is 1. The van der Waals surface area contributed by atoms with Gasteiger partial charge >= 0.3 is 12.1 Å². The maximum absolute atomic E-state index is 13.7. The Balaban J connectivity index is 1.23. The molecular formula is C30H24F5N3O4. The number of carboxylic acids is 1. The molecule has 0 unspecified atom stereocenters.